The van der Waals surface area contributed by atoms with E-state index in [0.717, 1.165) is 37.8 Å². The molecule has 0 unspecified atom stereocenters. The number of ether oxygens (including phenoxy) is 2. The largest absolute Gasteiger partial charge is 0.497 e. The van der Waals surface area contributed by atoms with Crippen molar-refractivity contribution in [3.63, 3.8) is 0 Å². The fourth-order valence-corrected chi connectivity index (χ4v) is 4.74. The van der Waals surface area contributed by atoms with Gasteiger partial charge in [0.05, 0.1) is 51.3 Å². The monoisotopic (exact) mass is 415 g/mol. The fourth-order valence-electron chi connectivity index (χ4n) is 3.86. The van der Waals surface area contributed by atoms with E-state index in [1.807, 2.05) is 16.8 Å². The molecule has 4 rings (SSSR count). The van der Waals surface area contributed by atoms with Gasteiger partial charge in [-0.2, -0.15) is 0 Å². The second-order valence-electron chi connectivity index (χ2n) is 7.04. The Morgan fingerprint density at radius 2 is 1.93 bits per heavy atom. The molecule has 1 N–H and O–H groups in total. The van der Waals surface area contributed by atoms with Gasteiger partial charge >= 0.3 is 0 Å². The Bertz CT molecular complexity index is 875. The molecule has 1 saturated heterocycles. The van der Waals surface area contributed by atoms with Crippen LogP contribution in [0.1, 0.15) is 16.7 Å². The van der Waals surface area contributed by atoms with Crippen molar-refractivity contribution >= 4 is 17.0 Å². The minimum Gasteiger partial charge on any atom is -0.497 e. The van der Waals surface area contributed by atoms with Crippen LogP contribution in [0, 0.1) is 0 Å². The second kappa shape index (κ2) is 9.34. The van der Waals surface area contributed by atoms with Crippen LogP contribution in [0.25, 0.3) is 0 Å². The highest BCUT2D eigenvalue weighted by Gasteiger charge is 2.34. The lowest BCUT2D eigenvalue weighted by Crippen LogP contribution is -3.15. The van der Waals surface area contributed by atoms with Crippen LogP contribution in [0.4, 0.5) is 5.69 Å². The minimum atomic E-state index is 0.139. The molecule has 0 radical (unpaired) electrons. The van der Waals surface area contributed by atoms with Gasteiger partial charge in [-0.3, -0.25) is 0 Å². The molecule has 0 bridgehead atoms. The molecule has 0 aliphatic carbocycles. The van der Waals surface area contributed by atoms with Crippen LogP contribution in [0.2, 0.25) is 0 Å². The average molecular weight is 416 g/mol. The molecule has 9 heteroatoms. The van der Waals surface area contributed by atoms with E-state index >= 15 is 0 Å². The van der Waals surface area contributed by atoms with Gasteiger partial charge in [0.2, 0.25) is 5.82 Å². The average Bonchev–Trinajstić information content (AvgIpc) is 3.46. The zero-order valence-corrected chi connectivity index (χ0v) is 17.6. The summed E-state index contributed by atoms with van der Waals surface area (Å²) in [5.41, 5.74) is 1.24. The highest BCUT2D eigenvalue weighted by atomic mass is 32.1. The Balaban J connectivity index is 1.51. The number of hydrogen-bond donors (Lipinski definition) is 1. The van der Waals surface area contributed by atoms with Crippen LogP contribution in [0.15, 0.2) is 41.8 Å². The smallest absolute Gasteiger partial charge is 0.215 e. The summed E-state index contributed by atoms with van der Waals surface area (Å²) in [4.78, 5) is 5.22. The summed E-state index contributed by atoms with van der Waals surface area (Å²) in [5, 5.41) is 14.7. The Kier molecular flexibility index (Phi) is 6.38. The fraction of sp³-hybridized carbons (Fsp3) is 0.450. The van der Waals surface area contributed by atoms with Gasteiger partial charge in [-0.1, -0.05) is 6.07 Å². The highest BCUT2D eigenvalue weighted by Crippen LogP contribution is 2.23. The third-order valence-corrected chi connectivity index (χ3v) is 6.34. The molecular weight excluding hydrogens is 388 g/mol. The summed E-state index contributed by atoms with van der Waals surface area (Å²) < 4.78 is 12.4. The quantitative estimate of drug-likeness (QED) is 0.589. The molecule has 3 heterocycles. The summed E-state index contributed by atoms with van der Waals surface area (Å²) >= 11 is 1.77. The molecule has 2 aromatic heterocycles. The summed E-state index contributed by atoms with van der Waals surface area (Å²) in [6.45, 7) is 5.27. The van der Waals surface area contributed by atoms with Crippen molar-refractivity contribution in [2.45, 2.75) is 12.6 Å². The standard InChI is InChI=1S/C20H26N6O2S/c1-27-14-13-26-20(21-22-23-26)19(18-4-3-15-29-18)25-11-9-24(10-12-25)16-5-7-17(28-2)8-6-16/h3-8,15,19H,9-14H2,1-2H3/p+1/t19-/m0/s1. The first-order valence-electron chi connectivity index (χ1n) is 9.82. The van der Waals surface area contributed by atoms with Crippen LogP contribution in [-0.2, 0) is 11.3 Å². The van der Waals surface area contributed by atoms with Gasteiger partial charge < -0.3 is 19.3 Å². The maximum Gasteiger partial charge on any atom is 0.215 e. The number of nitrogens with one attached hydrogen (secondary N) is 1. The zero-order valence-electron chi connectivity index (χ0n) is 16.8. The summed E-state index contributed by atoms with van der Waals surface area (Å²) in [6.07, 6.45) is 0. The van der Waals surface area contributed by atoms with Crippen LogP contribution < -0.4 is 14.5 Å². The maximum atomic E-state index is 5.28. The van der Waals surface area contributed by atoms with E-state index in [9.17, 15) is 0 Å². The molecule has 1 fully saturated rings. The topological polar surface area (TPSA) is 69.7 Å². The van der Waals surface area contributed by atoms with Crippen molar-refractivity contribution in [2.24, 2.45) is 0 Å². The molecule has 29 heavy (non-hydrogen) atoms. The van der Waals surface area contributed by atoms with Gasteiger partial charge in [0, 0.05) is 12.8 Å². The van der Waals surface area contributed by atoms with Crippen molar-refractivity contribution in [1.82, 2.24) is 20.2 Å². The van der Waals surface area contributed by atoms with E-state index in [2.05, 4.69) is 50.1 Å². The van der Waals surface area contributed by atoms with Crippen LogP contribution in [0.3, 0.4) is 0 Å². The van der Waals surface area contributed by atoms with Gasteiger partial charge in [-0.15, -0.1) is 16.4 Å². The molecular formula is C20H27N6O2S+. The molecule has 3 aromatic rings. The number of nitrogens with zero attached hydrogens (tertiary/aromatic N) is 5. The third-order valence-electron chi connectivity index (χ3n) is 5.40. The summed E-state index contributed by atoms with van der Waals surface area (Å²) in [7, 11) is 3.40. The van der Waals surface area contributed by atoms with Crippen LogP contribution in [0.5, 0.6) is 5.75 Å². The molecule has 8 nitrogen and oxygen atoms in total. The molecule has 1 aliphatic heterocycles. The Morgan fingerprint density at radius 1 is 1.14 bits per heavy atom. The lowest BCUT2D eigenvalue weighted by molar-refractivity contribution is -0.926. The van der Waals surface area contributed by atoms with Crippen molar-refractivity contribution in [1.29, 1.82) is 0 Å². The lowest BCUT2D eigenvalue weighted by atomic mass is 10.1. The second-order valence-corrected chi connectivity index (χ2v) is 8.02. The number of aromatic nitrogens is 4. The zero-order chi connectivity index (χ0) is 20.1. The normalized spacial score (nSPS) is 16.1. The first kappa shape index (κ1) is 19.8. The molecule has 1 aliphatic rings. The molecule has 1 aromatic carbocycles. The number of piperazine rings is 1. The van der Waals surface area contributed by atoms with E-state index in [0.29, 0.717) is 13.2 Å². The predicted molar refractivity (Wildman–Crippen MR) is 112 cm³/mol. The highest BCUT2D eigenvalue weighted by molar-refractivity contribution is 7.10. The number of tetrazole rings is 1. The molecule has 1 atom stereocenters. The van der Waals surface area contributed by atoms with Gasteiger partial charge in [0.15, 0.2) is 6.04 Å². The summed E-state index contributed by atoms with van der Waals surface area (Å²) in [5.74, 6) is 1.80. The Hall–Kier alpha value is -2.49. The van der Waals surface area contributed by atoms with E-state index in [1.54, 1.807) is 25.6 Å². The molecule has 0 saturated carbocycles. The van der Waals surface area contributed by atoms with Crippen molar-refractivity contribution < 1.29 is 14.4 Å². The first-order chi connectivity index (χ1) is 14.3. The van der Waals surface area contributed by atoms with Crippen LogP contribution in [-0.4, -0.2) is 67.2 Å². The van der Waals surface area contributed by atoms with Crippen molar-refractivity contribution in [3.8, 4) is 5.75 Å². The lowest BCUT2D eigenvalue weighted by Gasteiger charge is -2.36. The first-order valence-corrected chi connectivity index (χ1v) is 10.7. The van der Waals surface area contributed by atoms with Gasteiger partial charge in [0.25, 0.3) is 0 Å². The summed E-state index contributed by atoms with van der Waals surface area (Å²) in [6, 6.07) is 12.7. The van der Waals surface area contributed by atoms with Crippen LogP contribution >= 0.6 is 11.3 Å². The molecule has 0 amide bonds. The van der Waals surface area contributed by atoms with Gasteiger partial charge in [-0.25, -0.2) is 4.68 Å². The number of anilines is 1. The van der Waals surface area contributed by atoms with Gasteiger partial charge in [0.1, 0.15) is 5.75 Å². The number of benzene rings is 1. The van der Waals surface area contributed by atoms with E-state index < -0.39 is 0 Å². The van der Waals surface area contributed by atoms with Crippen molar-refractivity contribution in [3.05, 3.63) is 52.5 Å². The van der Waals surface area contributed by atoms with Gasteiger partial charge in [-0.05, 0) is 46.1 Å². The number of quaternary nitrogens is 1. The van der Waals surface area contributed by atoms with Crippen molar-refractivity contribution in [2.75, 3.05) is 51.9 Å². The molecule has 154 valence electrons. The van der Waals surface area contributed by atoms with E-state index in [-0.39, 0.29) is 6.04 Å². The number of rotatable bonds is 8. The minimum absolute atomic E-state index is 0.139. The van der Waals surface area contributed by atoms with E-state index in [1.165, 1.54) is 15.5 Å². The maximum absolute atomic E-state index is 5.28. The number of methoxy groups -OCH3 is 2. The number of hydrogen-bond acceptors (Lipinski definition) is 7. The molecule has 0 spiro atoms. The Labute approximate surface area is 174 Å². The SMILES string of the molecule is COCCn1nnnc1[C@H](c1cccs1)[NH+]1CCN(c2ccc(OC)cc2)CC1. The number of thiophene rings is 1. The predicted octanol–water partition coefficient (Wildman–Crippen LogP) is 0.884. The Morgan fingerprint density at radius 3 is 2.59 bits per heavy atom. The third kappa shape index (κ3) is 4.42. The van der Waals surface area contributed by atoms with E-state index in [4.69, 9.17) is 9.47 Å².